The molecule has 122 valence electrons. The molecule has 0 spiro atoms. The first-order valence-electron chi connectivity index (χ1n) is 7.42. The highest BCUT2D eigenvalue weighted by molar-refractivity contribution is 6.30. The van der Waals surface area contributed by atoms with Gasteiger partial charge in [-0.1, -0.05) is 16.8 Å². The Kier molecular flexibility index (Phi) is 4.78. The topological polar surface area (TPSA) is 74.5 Å². The Hall–Kier alpha value is -2.12. The average molecular weight is 336 g/mol. The van der Waals surface area contributed by atoms with Crippen molar-refractivity contribution in [3.8, 4) is 0 Å². The highest BCUT2D eigenvalue weighted by Crippen LogP contribution is 2.12. The van der Waals surface area contributed by atoms with Gasteiger partial charge in [-0.2, -0.15) is 0 Å². The fourth-order valence-corrected chi connectivity index (χ4v) is 2.56. The van der Waals surface area contributed by atoms with Gasteiger partial charge in [0.05, 0.1) is 10.7 Å². The van der Waals surface area contributed by atoms with Crippen molar-refractivity contribution in [1.29, 1.82) is 0 Å². The molecule has 1 aliphatic rings. The number of hydrogen-bond donors (Lipinski definition) is 1. The van der Waals surface area contributed by atoms with Crippen LogP contribution >= 0.6 is 11.6 Å². The second-order valence-electron chi connectivity index (χ2n) is 5.48. The number of anilines is 1. The molecule has 0 aliphatic carbocycles. The number of nitrogens with one attached hydrogen (secondary N) is 1. The summed E-state index contributed by atoms with van der Waals surface area (Å²) in [4.78, 5) is 20.5. The second kappa shape index (κ2) is 6.97. The number of carbonyl (C=O) groups excluding carboxylic acids is 1. The first kappa shape index (κ1) is 15.8. The third-order valence-corrected chi connectivity index (χ3v) is 3.92. The Balaban J connectivity index is 1.48. The minimum absolute atomic E-state index is 0.150. The summed E-state index contributed by atoms with van der Waals surface area (Å²) in [5, 5.41) is 7.14. The molecule has 1 aliphatic heterocycles. The van der Waals surface area contributed by atoms with Crippen LogP contribution in [0.1, 0.15) is 11.5 Å². The summed E-state index contributed by atoms with van der Waals surface area (Å²) in [6, 6.07) is 5.31. The summed E-state index contributed by atoms with van der Waals surface area (Å²) in [5.41, 5.74) is 0.977. The third kappa shape index (κ3) is 4.20. The maximum atomic E-state index is 12.2. The summed E-state index contributed by atoms with van der Waals surface area (Å²) >= 11 is 5.84. The monoisotopic (exact) mass is 335 g/mol. The fourth-order valence-electron chi connectivity index (χ4n) is 2.45. The van der Waals surface area contributed by atoms with Crippen molar-refractivity contribution in [1.82, 2.24) is 19.9 Å². The smallest absolute Gasteiger partial charge is 0.323 e. The minimum Gasteiger partial charge on any atom is -0.360 e. The molecule has 0 atom stereocenters. The van der Waals surface area contributed by atoms with Crippen LogP contribution in [0.3, 0.4) is 0 Å². The quantitative estimate of drug-likeness (QED) is 0.932. The lowest BCUT2D eigenvalue weighted by Gasteiger charge is -2.34. The largest absolute Gasteiger partial charge is 0.360 e. The fraction of sp³-hybridized carbons (Fsp3) is 0.400. The maximum absolute atomic E-state index is 12.2. The van der Waals surface area contributed by atoms with Gasteiger partial charge in [0.15, 0.2) is 5.82 Å². The van der Waals surface area contributed by atoms with E-state index < -0.39 is 0 Å². The van der Waals surface area contributed by atoms with Gasteiger partial charge in [-0.3, -0.25) is 15.2 Å². The number of hydrogen-bond acceptors (Lipinski definition) is 5. The molecule has 23 heavy (non-hydrogen) atoms. The van der Waals surface area contributed by atoms with E-state index in [0.717, 1.165) is 25.3 Å². The highest BCUT2D eigenvalue weighted by atomic mass is 35.5. The number of aromatic nitrogens is 2. The van der Waals surface area contributed by atoms with Crippen molar-refractivity contribution in [2.24, 2.45) is 0 Å². The van der Waals surface area contributed by atoms with Crippen LogP contribution < -0.4 is 5.32 Å². The lowest BCUT2D eigenvalue weighted by atomic mass is 10.3. The van der Waals surface area contributed by atoms with Crippen molar-refractivity contribution in [3.63, 3.8) is 0 Å². The van der Waals surface area contributed by atoms with Crippen molar-refractivity contribution in [3.05, 3.63) is 40.9 Å². The lowest BCUT2D eigenvalue weighted by Crippen LogP contribution is -2.49. The van der Waals surface area contributed by atoms with Crippen LogP contribution in [0, 0.1) is 6.92 Å². The Morgan fingerprint density at radius 3 is 2.74 bits per heavy atom. The highest BCUT2D eigenvalue weighted by Gasteiger charge is 2.22. The molecule has 1 N–H and O–H groups in total. The summed E-state index contributed by atoms with van der Waals surface area (Å²) in [6.45, 7) is 5.47. The van der Waals surface area contributed by atoms with Crippen LogP contribution in [0.5, 0.6) is 0 Å². The molecule has 7 nitrogen and oxygen atoms in total. The van der Waals surface area contributed by atoms with Crippen LogP contribution in [0.2, 0.25) is 5.02 Å². The summed E-state index contributed by atoms with van der Waals surface area (Å²) in [6.07, 6.45) is 1.65. The summed E-state index contributed by atoms with van der Waals surface area (Å²) < 4.78 is 4.94. The number of carbonyl (C=O) groups is 1. The van der Waals surface area contributed by atoms with E-state index in [-0.39, 0.29) is 6.03 Å². The Morgan fingerprint density at radius 2 is 2.13 bits per heavy atom. The van der Waals surface area contributed by atoms with Crippen LogP contribution in [0.4, 0.5) is 10.6 Å². The van der Waals surface area contributed by atoms with Crippen LogP contribution in [-0.2, 0) is 6.54 Å². The predicted molar refractivity (Wildman–Crippen MR) is 86.4 cm³/mol. The van der Waals surface area contributed by atoms with Gasteiger partial charge in [-0.05, 0) is 19.1 Å². The van der Waals surface area contributed by atoms with E-state index in [0.29, 0.717) is 29.7 Å². The van der Waals surface area contributed by atoms with Gasteiger partial charge in [-0.15, -0.1) is 0 Å². The van der Waals surface area contributed by atoms with Gasteiger partial charge in [0.2, 0.25) is 0 Å². The number of urea groups is 1. The van der Waals surface area contributed by atoms with Gasteiger partial charge < -0.3 is 9.42 Å². The van der Waals surface area contributed by atoms with Gasteiger partial charge >= 0.3 is 6.03 Å². The Bertz CT molecular complexity index is 665. The van der Waals surface area contributed by atoms with Crippen molar-refractivity contribution in [2.45, 2.75) is 13.5 Å². The molecule has 2 amide bonds. The zero-order chi connectivity index (χ0) is 16.2. The molecule has 2 aromatic rings. The minimum atomic E-state index is -0.150. The standard InChI is InChI=1S/C15H18ClN5O2/c1-11-8-14(19-23-11)18-15(22)21-6-4-20(5-7-21)10-13-3-2-12(16)9-17-13/h2-3,8-9H,4-7,10H2,1H3,(H,18,19,22). The summed E-state index contributed by atoms with van der Waals surface area (Å²) in [5.74, 6) is 1.11. The molecule has 1 saturated heterocycles. The van der Waals surface area contributed by atoms with E-state index >= 15 is 0 Å². The number of amides is 2. The van der Waals surface area contributed by atoms with Crippen molar-refractivity contribution in [2.75, 3.05) is 31.5 Å². The molecular weight excluding hydrogens is 318 g/mol. The number of piperazine rings is 1. The number of pyridine rings is 1. The molecule has 8 heteroatoms. The number of halogens is 1. The van der Waals surface area contributed by atoms with E-state index in [9.17, 15) is 4.79 Å². The van der Waals surface area contributed by atoms with Gasteiger partial charge in [-0.25, -0.2) is 4.79 Å². The van der Waals surface area contributed by atoms with Crippen LogP contribution in [0.15, 0.2) is 28.9 Å². The predicted octanol–water partition coefficient (Wildman–Crippen LogP) is 2.38. The normalized spacial score (nSPS) is 15.7. The van der Waals surface area contributed by atoms with E-state index in [2.05, 4.69) is 20.4 Å². The van der Waals surface area contributed by atoms with Crippen molar-refractivity contribution < 1.29 is 9.32 Å². The van der Waals surface area contributed by atoms with E-state index in [1.54, 1.807) is 24.1 Å². The summed E-state index contributed by atoms with van der Waals surface area (Å²) in [7, 11) is 0. The van der Waals surface area contributed by atoms with E-state index in [1.807, 2.05) is 12.1 Å². The van der Waals surface area contributed by atoms with Gasteiger partial charge in [0.25, 0.3) is 0 Å². The number of aryl methyl sites for hydroxylation is 1. The number of nitrogens with zero attached hydrogens (tertiary/aromatic N) is 4. The number of rotatable bonds is 3. The maximum Gasteiger partial charge on any atom is 0.323 e. The molecule has 0 aromatic carbocycles. The molecule has 0 bridgehead atoms. The average Bonchev–Trinajstić information content (AvgIpc) is 2.95. The zero-order valence-corrected chi connectivity index (χ0v) is 13.6. The van der Waals surface area contributed by atoms with Gasteiger partial charge in [0, 0.05) is 45.0 Å². The zero-order valence-electron chi connectivity index (χ0n) is 12.8. The van der Waals surface area contributed by atoms with Crippen molar-refractivity contribution >= 4 is 23.4 Å². The first-order valence-corrected chi connectivity index (χ1v) is 7.80. The second-order valence-corrected chi connectivity index (χ2v) is 5.92. The molecule has 1 fully saturated rings. The van der Waals surface area contributed by atoms with E-state index in [1.165, 1.54) is 0 Å². The lowest BCUT2D eigenvalue weighted by molar-refractivity contribution is 0.142. The molecular formula is C15H18ClN5O2. The van der Waals surface area contributed by atoms with Crippen LogP contribution in [0.25, 0.3) is 0 Å². The molecule has 3 rings (SSSR count). The van der Waals surface area contributed by atoms with Gasteiger partial charge in [0.1, 0.15) is 5.76 Å². The third-order valence-electron chi connectivity index (χ3n) is 3.70. The van der Waals surface area contributed by atoms with E-state index in [4.69, 9.17) is 16.1 Å². The molecule has 2 aromatic heterocycles. The molecule has 0 saturated carbocycles. The molecule has 0 radical (unpaired) electrons. The Morgan fingerprint density at radius 1 is 1.35 bits per heavy atom. The first-order chi connectivity index (χ1) is 11.1. The molecule has 3 heterocycles. The SMILES string of the molecule is Cc1cc(NC(=O)N2CCN(Cc3ccc(Cl)cn3)CC2)no1. The van der Waals surface area contributed by atoms with Crippen LogP contribution in [-0.4, -0.2) is 52.2 Å². The molecule has 0 unspecified atom stereocenters. The Labute approximate surface area is 139 Å².